The number of nitrogens with one attached hydrogen (secondary N) is 1. The van der Waals surface area contributed by atoms with Crippen LogP contribution in [0, 0.1) is 0 Å². The van der Waals surface area contributed by atoms with Gasteiger partial charge in [0.05, 0.1) is 11.4 Å². The van der Waals surface area contributed by atoms with Crippen LogP contribution in [0.4, 0.5) is 5.69 Å². The number of para-hydroxylation sites is 2. The third kappa shape index (κ3) is 2.84. The van der Waals surface area contributed by atoms with Crippen LogP contribution < -0.4 is 5.32 Å². The standard InChI is InChI=1S/C12H8ClN7O/c13-11-6-5-9(16-17-11)12(21)15-8-3-1-2-4-10(8)20-7-14-18-19-20/h1-7H,(H,15,21). The summed E-state index contributed by atoms with van der Waals surface area (Å²) in [5.74, 6) is -0.403. The molecule has 0 unspecified atom stereocenters. The van der Waals surface area contributed by atoms with E-state index < -0.39 is 5.91 Å². The largest absolute Gasteiger partial charge is 0.319 e. The predicted octanol–water partition coefficient (Wildman–Crippen LogP) is 1.36. The van der Waals surface area contributed by atoms with Crippen molar-refractivity contribution in [3.8, 4) is 5.69 Å². The Balaban J connectivity index is 1.88. The quantitative estimate of drug-likeness (QED) is 0.784. The Labute approximate surface area is 123 Å². The van der Waals surface area contributed by atoms with Gasteiger partial charge in [-0.2, -0.15) is 4.68 Å². The third-order valence-corrected chi connectivity index (χ3v) is 2.81. The van der Waals surface area contributed by atoms with E-state index in [9.17, 15) is 4.79 Å². The highest BCUT2D eigenvalue weighted by Crippen LogP contribution is 2.19. The Hall–Kier alpha value is -2.87. The zero-order chi connectivity index (χ0) is 14.7. The highest BCUT2D eigenvalue weighted by molar-refractivity contribution is 6.29. The SMILES string of the molecule is O=C(Nc1ccccc1-n1cnnn1)c1ccc(Cl)nn1. The van der Waals surface area contributed by atoms with Gasteiger partial charge in [0.25, 0.3) is 5.91 Å². The lowest BCUT2D eigenvalue weighted by molar-refractivity contribution is 0.102. The van der Waals surface area contributed by atoms with Gasteiger partial charge in [-0.05, 0) is 34.7 Å². The highest BCUT2D eigenvalue weighted by atomic mass is 35.5. The number of hydrogen-bond acceptors (Lipinski definition) is 6. The van der Waals surface area contributed by atoms with E-state index in [2.05, 4.69) is 31.0 Å². The molecule has 0 fully saturated rings. The van der Waals surface area contributed by atoms with E-state index in [1.54, 1.807) is 18.2 Å². The minimum absolute atomic E-state index is 0.158. The second-order valence-corrected chi connectivity index (χ2v) is 4.35. The molecule has 0 saturated carbocycles. The van der Waals surface area contributed by atoms with Crippen molar-refractivity contribution in [2.24, 2.45) is 0 Å². The second kappa shape index (κ2) is 5.63. The third-order valence-electron chi connectivity index (χ3n) is 2.61. The summed E-state index contributed by atoms with van der Waals surface area (Å²) in [5.41, 5.74) is 1.34. The number of amides is 1. The summed E-state index contributed by atoms with van der Waals surface area (Å²) < 4.78 is 1.45. The van der Waals surface area contributed by atoms with Crippen LogP contribution in [0.15, 0.2) is 42.7 Å². The Bertz CT molecular complexity index is 758. The fourth-order valence-corrected chi connectivity index (χ4v) is 1.78. The molecule has 1 amide bonds. The van der Waals surface area contributed by atoms with Crippen LogP contribution in [0.2, 0.25) is 5.15 Å². The summed E-state index contributed by atoms with van der Waals surface area (Å²) in [6, 6.07) is 10.1. The van der Waals surface area contributed by atoms with Crippen LogP contribution in [-0.4, -0.2) is 36.3 Å². The maximum absolute atomic E-state index is 12.1. The molecule has 0 saturated heterocycles. The van der Waals surface area contributed by atoms with Crippen molar-refractivity contribution >= 4 is 23.2 Å². The Morgan fingerprint density at radius 1 is 1.14 bits per heavy atom. The molecule has 104 valence electrons. The molecule has 21 heavy (non-hydrogen) atoms. The van der Waals surface area contributed by atoms with Gasteiger partial charge in [-0.25, -0.2) is 0 Å². The number of anilines is 1. The minimum atomic E-state index is -0.403. The van der Waals surface area contributed by atoms with Crippen molar-refractivity contribution in [1.29, 1.82) is 0 Å². The fourth-order valence-electron chi connectivity index (χ4n) is 1.67. The fraction of sp³-hybridized carbons (Fsp3) is 0. The van der Waals surface area contributed by atoms with Crippen LogP contribution in [0.25, 0.3) is 5.69 Å². The predicted molar refractivity (Wildman–Crippen MR) is 74.1 cm³/mol. The zero-order valence-electron chi connectivity index (χ0n) is 10.5. The number of rotatable bonds is 3. The van der Waals surface area contributed by atoms with E-state index >= 15 is 0 Å². The number of nitrogens with zero attached hydrogens (tertiary/aromatic N) is 6. The molecule has 0 bridgehead atoms. The van der Waals surface area contributed by atoms with Crippen molar-refractivity contribution in [2.45, 2.75) is 0 Å². The highest BCUT2D eigenvalue weighted by Gasteiger charge is 2.12. The Kier molecular flexibility index (Phi) is 3.52. The van der Waals surface area contributed by atoms with Gasteiger partial charge in [-0.1, -0.05) is 23.7 Å². The van der Waals surface area contributed by atoms with E-state index in [1.165, 1.54) is 23.1 Å². The number of halogens is 1. The summed E-state index contributed by atoms with van der Waals surface area (Å²) in [5, 5.41) is 21.2. The molecule has 0 aliphatic heterocycles. The van der Waals surface area contributed by atoms with Crippen LogP contribution in [0.5, 0.6) is 0 Å². The summed E-state index contributed by atoms with van der Waals surface area (Å²) in [6.07, 6.45) is 1.44. The molecule has 2 heterocycles. The number of hydrogen-bond donors (Lipinski definition) is 1. The lowest BCUT2D eigenvalue weighted by Crippen LogP contribution is -2.16. The van der Waals surface area contributed by atoms with Gasteiger partial charge in [0.15, 0.2) is 10.8 Å². The van der Waals surface area contributed by atoms with Crippen LogP contribution in [0.1, 0.15) is 10.5 Å². The molecular formula is C12H8ClN7O. The van der Waals surface area contributed by atoms with Gasteiger partial charge in [-0.15, -0.1) is 15.3 Å². The van der Waals surface area contributed by atoms with Gasteiger partial charge in [0, 0.05) is 0 Å². The molecule has 2 aromatic heterocycles. The van der Waals surface area contributed by atoms with E-state index in [-0.39, 0.29) is 10.8 Å². The van der Waals surface area contributed by atoms with Crippen LogP contribution in [-0.2, 0) is 0 Å². The van der Waals surface area contributed by atoms with Gasteiger partial charge < -0.3 is 5.32 Å². The average Bonchev–Trinajstić information content (AvgIpc) is 3.02. The first-order valence-corrected chi connectivity index (χ1v) is 6.25. The first kappa shape index (κ1) is 13.1. The normalized spacial score (nSPS) is 10.3. The van der Waals surface area contributed by atoms with Gasteiger partial charge in [0.1, 0.15) is 6.33 Å². The van der Waals surface area contributed by atoms with Gasteiger partial charge >= 0.3 is 0 Å². The Morgan fingerprint density at radius 3 is 2.71 bits per heavy atom. The average molecular weight is 302 g/mol. The van der Waals surface area contributed by atoms with Crippen molar-refractivity contribution in [3.05, 3.63) is 53.6 Å². The van der Waals surface area contributed by atoms with Crippen molar-refractivity contribution < 1.29 is 4.79 Å². The molecule has 3 rings (SSSR count). The molecule has 8 nitrogen and oxygen atoms in total. The summed E-state index contributed by atoms with van der Waals surface area (Å²) >= 11 is 5.64. The molecule has 0 spiro atoms. The molecule has 0 radical (unpaired) electrons. The molecule has 0 atom stereocenters. The summed E-state index contributed by atoms with van der Waals surface area (Å²) in [7, 11) is 0. The summed E-state index contributed by atoms with van der Waals surface area (Å²) in [4.78, 5) is 12.1. The number of tetrazole rings is 1. The zero-order valence-corrected chi connectivity index (χ0v) is 11.3. The van der Waals surface area contributed by atoms with Gasteiger partial charge in [-0.3, -0.25) is 4.79 Å². The van der Waals surface area contributed by atoms with Gasteiger partial charge in [0.2, 0.25) is 0 Å². The molecule has 3 aromatic rings. The molecule has 9 heteroatoms. The molecule has 1 N–H and O–H groups in total. The maximum atomic E-state index is 12.1. The molecule has 1 aromatic carbocycles. The molecule has 0 aliphatic carbocycles. The maximum Gasteiger partial charge on any atom is 0.276 e. The number of benzene rings is 1. The summed E-state index contributed by atoms with van der Waals surface area (Å²) in [6.45, 7) is 0. The smallest absolute Gasteiger partial charge is 0.276 e. The Morgan fingerprint density at radius 2 is 2.00 bits per heavy atom. The van der Waals surface area contributed by atoms with Crippen LogP contribution in [0.3, 0.4) is 0 Å². The monoisotopic (exact) mass is 301 g/mol. The first-order valence-electron chi connectivity index (χ1n) is 5.87. The van der Waals surface area contributed by atoms with E-state index in [0.29, 0.717) is 11.4 Å². The van der Waals surface area contributed by atoms with Crippen LogP contribution >= 0.6 is 11.6 Å². The molecular weight excluding hydrogens is 294 g/mol. The van der Waals surface area contributed by atoms with Crippen molar-refractivity contribution in [3.63, 3.8) is 0 Å². The topological polar surface area (TPSA) is 98.5 Å². The number of carbonyl (C=O) groups excluding carboxylic acids is 1. The minimum Gasteiger partial charge on any atom is -0.319 e. The van der Waals surface area contributed by atoms with Crippen molar-refractivity contribution in [1.82, 2.24) is 30.4 Å². The van der Waals surface area contributed by atoms with E-state index in [0.717, 1.165) is 0 Å². The number of carbonyl (C=O) groups is 1. The lowest BCUT2D eigenvalue weighted by Gasteiger charge is -2.09. The first-order chi connectivity index (χ1) is 10.2. The molecule has 0 aliphatic rings. The van der Waals surface area contributed by atoms with Crippen molar-refractivity contribution in [2.75, 3.05) is 5.32 Å². The van der Waals surface area contributed by atoms with E-state index in [4.69, 9.17) is 11.6 Å². The number of aromatic nitrogens is 6. The van der Waals surface area contributed by atoms with E-state index in [1.807, 2.05) is 6.07 Å². The second-order valence-electron chi connectivity index (χ2n) is 3.97. The lowest BCUT2D eigenvalue weighted by atomic mass is 10.2.